The molecule has 4 aromatic carbocycles. The first-order valence-corrected chi connectivity index (χ1v) is 14.1. The van der Waals surface area contributed by atoms with E-state index in [0.29, 0.717) is 6.54 Å². The van der Waals surface area contributed by atoms with Gasteiger partial charge in [0.15, 0.2) is 0 Å². The molecular weight excluding hydrogens is 557 g/mol. The number of benzene rings is 4. The highest BCUT2D eigenvalue weighted by Crippen LogP contribution is 2.35. The van der Waals surface area contributed by atoms with Crippen molar-refractivity contribution in [2.45, 2.75) is 18.4 Å². The van der Waals surface area contributed by atoms with Crippen molar-refractivity contribution >= 4 is 56.4 Å². The van der Waals surface area contributed by atoms with Crippen LogP contribution in [0.2, 0.25) is 10.0 Å². The van der Waals surface area contributed by atoms with Gasteiger partial charge in [0.2, 0.25) is 5.91 Å². The highest BCUT2D eigenvalue weighted by Gasteiger charge is 2.29. The fourth-order valence-electron chi connectivity index (χ4n) is 3.81. The number of halogens is 2. The lowest BCUT2D eigenvalue weighted by atomic mass is 10.1. The minimum atomic E-state index is -4.21. The molecule has 0 fully saturated rings. The Morgan fingerprint density at radius 1 is 0.821 bits per heavy atom. The Balaban J connectivity index is 1.60. The third-order valence-corrected chi connectivity index (χ3v) is 8.42. The zero-order chi connectivity index (χ0) is 28.0. The molecule has 0 bridgehead atoms. The van der Waals surface area contributed by atoms with Gasteiger partial charge in [0.05, 0.1) is 31.9 Å². The van der Waals surface area contributed by atoms with Crippen molar-refractivity contribution < 1.29 is 18.0 Å². The molecule has 0 aliphatic carbocycles. The molecule has 0 aliphatic rings. The average Bonchev–Trinajstić information content (AvgIpc) is 2.93. The molecular formula is C29H25Cl2N3O4S. The number of hydrogen-bond donors (Lipinski definition) is 2. The molecule has 2 amide bonds. The molecule has 0 atom stereocenters. The van der Waals surface area contributed by atoms with Crippen molar-refractivity contribution in [3.63, 3.8) is 0 Å². The Kier molecular flexibility index (Phi) is 8.91. The summed E-state index contributed by atoms with van der Waals surface area (Å²) in [6.07, 6.45) is 0. The van der Waals surface area contributed by atoms with Crippen LogP contribution in [0.25, 0.3) is 0 Å². The van der Waals surface area contributed by atoms with Gasteiger partial charge in [0.25, 0.3) is 15.9 Å². The molecule has 0 heterocycles. The molecule has 0 aromatic heterocycles. The van der Waals surface area contributed by atoms with Gasteiger partial charge in [-0.25, -0.2) is 8.42 Å². The fourth-order valence-corrected chi connectivity index (χ4v) is 5.69. The van der Waals surface area contributed by atoms with Crippen LogP contribution in [0.1, 0.15) is 21.5 Å². The van der Waals surface area contributed by atoms with Crippen LogP contribution in [-0.2, 0) is 21.4 Å². The van der Waals surface area contributed by atoms with Crippen molar-refractivity contribution in [3.8, 4) is 0 Å². The van der Waals surface area contributed by atoms with Crippen LogP contribution < -0.4 is 14.9 Å². The van der Waals surface area contributed by atoms with E-state index in [1.54, 1.807) is 42.5 Å². The second kappa shape index (κ2) is 12.3. The van der Waals surface area contributed by atoms with E-state index in [9.17, 15) is 18.0 Å². The third kappa shape index (κ3) is 6.78. The van der Waals surface area contributed by atoms with E-state index in [4.69, 9.17) is 23.2 Å². The lowest BCUT2D eigenvalue weighted by Crippen LogP contribution is -2.38. The topological polar surface area (TPSA) is 95.6 Å². The van der Waals surface area contributed by atoms with Crippen LogP contribution in [0.4, 0.5) is 11.4 Å². The van der Waals surface area contributed by atoms with Crippen molar-refractivity contribution in [2.24, 2.45) is 0 Å². The van der Waals surface area contributed by atoms with E-state index >= 15 is 0 Å². The summed E-state index contributed by atoms with van der Waals surface area (Å²) in [7, 11) is -4.21. The van der Waals surface area contributed by atoms with Crippen LogP contribution in [0.15, 0.2) is 102 Å². The van der Waals surface area contributed by atoms with Crippen LogP contribution in [0, 0.1) is 6.92 Å². The molecule has 4 aromatic rings. The molecule has 0 radical (unpaired) electrons. The number of nitrogens with zero attached hydrogens (tertiary/aromatic N) is 1. The summed E-state index contributed by atoms with van der Waals surface area (Å²) in [6.45, 7) is 1.52. The quantitative estimate of drug-likeness (QED) is 0.251. The number of amides is 2. The Morgan fingerprint density at radius 3 is 2.21 bits per heavy atom. The highest BCUT2D eigenvalue weighted by molar-refractivity contribution is 7.92. The summed E-state index contributed by atoms with van der Waals surface area (Å²) in [5.41, 5.74) is 2.31. The molecule has 4 rings (SSSR count). The van der Waals surface area contributed by atoms with Gasteiger partial charge in [-0.1, -0.05) is 89.4 Å². The molecule has 200 valence electrons. The van der Waals surface area contributed by atoms with Gasteiger partial charge >= 0.3 is 0 Å². The van der Waals surface area contributed by atoms with E-state index in [1.807, 2.05) is 37.3 Å². The Morgan fingerprint density at radius 2 is 1.49 bits per heavy atom. The van der Waals surface area contributed by atoms with Crippen LogP contribution in [0.3, 0.4) is 0 Å². The van der Waals surface area contributed by atoms with Crippen LogP contribution >= 0.6 is 23.2 Å². The Hall–Kier alpha value is -3.85. The van der Waals surface area contributed by atoms with Crippen molar-refractivity contribution in [1.29, 1.82) is 0 Å². The highest BCUT2D eigenvalue weighted by atomic mass is 35.5. The monoisotopic (exact) mass is 581 g/mol. The maximum absolute atomic E-state index is 13.7. The summed E-state index contributed by atoms with van der Waals surface area (Å²) in [6, 6.07) is 26.7. The van der Waals surface area contributed by atoms with Crippen molar-refractivity contribution in [2.75, 3.05) is 16.2 Å². The largest absolute Gasteiger partial charge is 0.348 e. The smallest absolute Gasteiger partial charge is 0.264 e. The molecule has 0 saturated heterocycles. The normalized spacial score (nSPS) is 11.1. The van der Waals surface area contributed by atoms with E-state index in [1.165, 1.54) is 24.3 Å². The molecule has 10 heteroatoms. The molecule has 0 unspecified atom stereocenters. The lowest BCUT2D eigenvalue weighted by Gasteiger charge is -2.25. The maximum Gasteiger partial charge on any atom is 0.264 e. The minimum Gasteiger partial charge on any atom is -0.348 e. The fraction of sp³-hybridized carbons (Fsp3) is 0.103. The standard InChI is InChI=1S/C29H25Cl2N3O4S/c1-20-14-16-22(17-15-20)39(37,38)34(26-13-7-11-24(30)28(26)31)19-27(35)33-25-12-6-5-10-23(25)29(36)32-18-21-8-3-2-4-9-21/h2-17H,18-19H2,1H3,(H,32,36)(H,33,35). The average molecular weight is 583 g/mol. The van der Waals surface area contributed by atoms with Gasteiger partial charge in [-0.05, 0) is 48.9 Å². The van der Waals surface area contributed by atoms with Crippen LogP contribution in [0.5, 0.6) is 0 Å². The third-order valence-electron chi connectivity index (χ3n) is 5.84. The summed E-state index contributed by atoms with van der Waals surface area (Å²) < 4.78 is 28.2. The second-order valence-corrected chi connectivity index (χ2v) is 11.3. The SMILES string of the molecule is Cc1ccc(S(=O)(=O)N(CC(=O)Nc2ccccc2C(=O)NCc2ccccc2)c2cccc(Cl)c2Cl)cc1. The van der Waals surface area contributed by atoms with E-state index in [2.05, 4.69) is 10.6 Å². The van der Waals surface area contributed by atoms with Crippen molar-refractivity contribution in [1.82, 2.24) is 5.32 Å². The zero-order valence-electron chi connectivity index (χ0n) is 20.9. The number of carbonyl (C=O) groups is 2. The minimum absolute atomic E-state index is 0.0108. The van der Waals surface area contributed by atoms with Crippen LogP contribution in [-0.4, -0.2) is 26.8 Å². The van der Waals surface area contributed by atoms with Gasteiger partial charge in [-0.3, -0.25) is 13.9 Å². The number of hydrogen-bond acceptors (Lipinski definition) is 4. The molecule has 0 aliphatic heterocycles. The number of nitrogens with one attached hydrogen (secondary N) is 2. The first-order chi connectivity index (χ1) is 18.7. The summed E-state index contributed by atoms with van der Waals surface area (Å²) >= 11 is 12.6. The summed E-state index contributed by atoms with van der Waals surface area (Å²) in [5, 5.41) is 5.63. The number of anilines is 2. The van der Waals surface area contributed by atoms with Crippen molar-refractivity contribution in [3.05, 3.63) is 124 Å². The Labute approximate surface area is 237 Å². The number of sulfonamides is 1. The summed E-state index contributed by atoms with van der Waals surface area (Å²) in [4.78, 5) is 26.2. The molecule has 2 N–H and O–H groups in total. The van der Waals surface area contributed by atoms with Gasteiger partial charge in [0.1, 0.15) is 6.54 Å². The van der Waals surface area contributed by atoms with Gasteiger partial charge in [0, 0.05) is 6.54 Å². The molecule has 0 spiro atoms. The first kappa shape index (κ1) is 28.2. The number of aryl methyl sites for hydroxylation is 1. The number of rotatable bonds is 9. The predicted octanol–water partition coefficient (Wildman–Crippen LogP) is 6.07. The Bertz CT molecular complexity index is 1590. The lowest BCUT2D eigenvalue weighted by molar-refractivity contribution is -0.114. The molecule has 39 heavy (non-hydrogen) atoms. The van der Waals surface area contributed by atoms with E-state index < -0.39 is 28.4 Å². The van der Waals surface area contributed by atoms with Gasteiger partial charge in [-0.15, -0.1) is 0 Å². The number of carbonyl (C=O) groups excluding carboxylic acids is 2. The molecule has 0 saturated carbocycles. The summed E-state index contributed by atoms with van der Waals surface area (Å²) in [5.74, 6) is -1.07. The first-order valence-electron chi connectivity index (χ1n) is 11.9. The van der Waals surface area contributed by atoms with E-state index in [-0.39, 0.29) is 31.9 Å². The maximum atomic E-state index is 13.7. The van der Waals surface area contributed by atoms with E-state index in [0.717, 1.165) is 15.4 Å². The predicted molar refractivity (Wildman–Crippen MR) is 155 cm³/mol. The molecule has 7 nitrogen and oxygen atoms in total. The zero-order valence-corrected chi connectivity index (χ0v) is 23.2. The number of para-hydroxylation sites is 1. The second-order valence-electron chi connectivity index (χ2n) is 8.66. The van der Waals surface area contributed by atoms with Gasteiger partial charge < -0.3 is 10.6 Å². The van der Waals surface area contributed by atoms with Gasteiger partial charge in [-0.2, -0.15) is 0 Å².